The second-order valence-electron chi connectivity index (χ2n) is 8.02. The van der Waals surface area contributed by atoms with Crippen LogP contribution >= 0.6 is 12.2 Å². The largest absolute Gasteiger partial charge is 0.0929 e. The highest BCUT2D eigenvalue weighted by Gasteiger charge is 2.52. The molecule has 2 bridgehead atoms. The Morgan fingerprint density at radius 3 is 2.52 bits per heavy atom. The summed E-state index contributed by atoms with van der Waals surface area (Å²) in [5.74, 6) is 2.57. The van der Waals surface area contributed by atoms with Gasteiger partial charge in [-0.2, -0.15) is 0 Å². The molecule has 2 aliphatic carbocycles. The standard InChI is InChI=1S/C20H28S/c1-4-18-15(2)10-20(17-8-6-5-7-9-17)12-16(18)11-19(3,13-20)14-21/h5-9,14-16,18H,4,10-13H2,1-3H3. The van der Waals surface area contributed by atoms with Crippen molar-refractivity contribution < 1.29 is 0 Å². The summed E-state index contributed by atoms with van der Waals surface area (Å²) < 4.78 is 0. The Hall–Kier alpha value is -0.690. The van der Waals surface area contributed by atoms with Gasteiger partial charge in [-0.3, -0.25) is 0 Å². The topological polar surface area (TPSA) is 0 Å². The van der Waals surface area contributed by atoms with Crippen molar-refractivity contribution in [2.75, 3.05) is 0 Å². The number of hydrogen-bond acceptors (Lipinski definition) is 1. The van der Waals surface area contributed by atoms with E-state index in [-0.39, 0.29) is 5.41 Å². The summed E-state index contributed by atoms with van der Waals surface area (Å²) in [6, 6.07) is 11.3. The normalized spacial score (nSPS) is 42.5. The molecule has 5 atom stereocenters. The van der Waals surface area contributed by atoms with Crippen LogP contribution in [0.15, 0.2) is 30.3 Å². The van der Waals surface area contributed by atoms with E-state index in [1.807, 2.05) is 0 Å². The maximum atomic E-state index is 5.44. The zero-order chi connectivity index (χ0) is 15.1. The van der Waals surface area contributed by atoms with Crippen LogP contribution in [0, 0.1) is 23.2 Å². The summed E-state index contributed by atoms with van der Waals surface area (Å²) in [7, 11) is 0. The van der Waals surface area contributed by atoms with Crippen molar-refractivity contribution in [3.63, 3.8) is 0 Å². The van der Waals surface area contributed by atoms with Crippen molar-refractivity contribution in [2.45, 2.75) is 58.3 Å². The summed E-state index contributed by atoms with van der Waals surface area (Å²) in [4.78, 5) is 0. The fraction of sp³-hybridized carbons (Fsp3) is 0.650. The smallest absolute Gasteiger partial charge is 0.00307 e. The first-order valence-electron chi connectivity index (χ1n) is 8.54. The molecule has 5 unspecified atom stereocenters. The third-order valence-electron chi connectivity index (χ3n) is 6.31. The second kappa shape index (κ2) is 5.50. The Labute approximate surface area is 135 Å². The van der Waals surface area contributed by atoms with Crippen LogP contribution in [-0.2, 0) is 5.41 Å². The average molecular weight is 301 g/mol. The Balaban J connectivity index is 2.04. The molecule has 3 rings (SSSR count). The lowest BCUT2D eigenvalue weighted by molar-refractivity contribution is 0.00462. The van der Waals surface area contributed by atoms with Gasteiger partial charge in [0.2, 0.25) is 0 Å². The highest BCUT2D eigenvalue weighted by molar-refractivity contribution is 7.79. The van der Waals surface area contributed by atoms with Crippen LogP contribution in [0.1, 0.15) is 58.4 Å². The van der Waals surface area contributed by atoms with Crippen LogP contribution < -0.4 is 0 Å². The fourth-order valence-electron chi connectivity index (χ4n) is 5.74. The van der Waals surface area contributed by atoms with E-state index < -0.39 is 0 Å². The highest BCUT2D eigenvalue weighted by atomic mass is 32.1. The molecule has 0 aliphatic heterocycles. The maximum absolute atomic E-state index is 5.44. The van der Waals surface area contributed by atoms with Crippen LogP contribution in [0.5, 0.6) is 0 Å². The molecule has 0 radical (unpaired) electrons. The van der Waals surface area contributed by atoms with Gasteiger partial charge in [0, 0.05) is 0 Å². The molecule has 0 nitrogen and oxygen atoms in total. The number of fused-ring (bicyclic) bond motifs is 2. The van der Waals surface area contributed by atoms with Crippen LogP contribution in [0.2, 0.25) is 0 Å². The number of rotatable bonds is 3. The van der Waals surface area contributed by atoms with Crippen LogP contribution in [0.25, 0.3) is 0 Å². The number of hydrogen-bond donors (Lipinski definition) is 0. The SMILES string of the molecule is CCC1C(C)CC2(c3ccccc3)CC1CC(C)(C=S)C2. The molecule has 2 saturated carbocycles. The molecule has 1 aromatic rings. The van der Waals surface area contributed by atoms with Crippen molar-refractivity contribution in [3.05, 3.63) is 35.9 Å². The Bertz CT molecular complexity index is 504. The number of benzene rings is 1. The van der Waals surface area contributed by atoms with Gasteiger partial charge in [0.05, 0.1) is 0 Å². The van der Waals surface area contributed by atoms with Gasteiger partial charge in [-0.25, -0.2) is 0 Å². The van der Waals surface area contributed by atoms with Gasteiger partial charge in [0.1, 0.15) is 0 Å². The van der Waals surface area contributed by atoms with Gasteiger partial charge in [-0.1, -0.05) is 69.7 Å². The molecule has 0 spiro atoms. The summed E-state index contributed by atoms with van der Waals surface area (Å²) in [5, 5.41) is 2.08. The first-order chi connectivity index (χ1) is 10.0. The van der Waals surface area contributed by atoms with Crippen LogP contribution in [-0.4, -0.2) is 5.37 Å². The molecule has 0 aromatic heterocycles. The first-order valence-corrected chi connectivity index (χ1v) is 9.01. The van der Waals surface area contributed by atoms with Gasteiger partial charge in [-0.05, 0) is 65.2 Å². The minimum Gasteiger partial charge on any atom is -0.0929 e. The zero-order valence-corrected chi connectivity index (χ0v) is 14.5. The molecule has 0 amide bonds. The quantitative estimate of drug-likeness (QED) is 0.636. The van der Waals surface area contributed by atoms with Crippen molar-refractivity contribution in [2.24, 2.45) is 23.2 Å². The molecule has 1 heteroatoms. The fourth-order valence-corrected chi connectivity index (χ4v) is 5.92. The van der Waals surface area contributed by atoms with Crippen molar-refractivity contribution in [1.29, 1.82) is 0 Å². The lowest BCUT2D eigenvalue weighted by atomic mass is 9.48. The predicted molar refractivity (Wildman–Crippen MR) is 94.8 cm³/mol. The molecule has 0 saturated heterocycles. The average Bonchev–Trinajstić information content (AvgIpc) is 2.47. The van der Waals surface area contributed by atoms with E-state index in [9.17, 15) is 0 Å². The van der Waals surface area contributed by atoms with Crippen LogP contribution in [0.3, 0.4) is 0 Å². The summed E-state index contributed by atoms with van der Waals surface area (Å²) >= 11 is 5.44. The van der Waals surface area contributed by atoms with Gasteiger partial charge in [0.25, 0.3) is 0 Å². The van der Waals surface area contributed by atoms with E-state index in [0.717, 1.165) is 17.8 Å². The Morgan fingerprint density at radius 2 is 1.90 bits per heavy atom. The van der Waals surface area contributed by atoms with Gasteiger partial charge in [-0.15, -0.1) is 0 Å². The lowest BCUT2D eigenvalue weighted by Gasteiger charge is -2.57. The molecule has 21 heavy (non-hydrogen) atoms. The molecule has 2 aliphatic rings. The van der Waals surface area contributed by atoms with E-state index in [2.05, 4.69) is 56.5 Å². The summed E-state index contributed by atoms with van der Waals surface area (Å²) in [5.41, 5.74) is 2.15. The van der Waals surface area contributed by atoms with E-state index in [0.29, 0.717) is 5.41 Å². The zero-order valence-electron chi connectivity index (χ0n) is 13.6. The van der Waals surface area contributed by atoms with Gasteiger partial charge >= 0.3 is 0 Å². The number of thiocarbonyl (C=S) groups is 1. The van der Waals surface area contributed by atoms with Gasteiger partial charge in [0.15, 0.2) is 0 Å². The summed E-state index contributed by atoms with van der Waals surface area (Å²) in [6.07, 6.45) is 6.58. The minimum atomic E-state index is 0.238. The molecule has 1 aromatic carbocycles. The van der Waals surface area contributed by atoms with Gasteiger partial charge < -0.3 is 0 Å². The lowest BCUT2D eigenvalue weighted by Crippen LogP contribution is -2.50. The third kappa shape index (κ3) is 2.59. The van der Waals surface area contributed by atoms with Crippen molar-refractivity contribution >= 4 is 17.6 Å². The predicted octanol–water partition coefficient (Wildman–Crippen LogP) is 5.80. The monoisotopic (exact) mass is 300 g/mol. The van der Waals surface area contributed by atoms with E-state index in [1.54, 1.807) is 5.56 Å². The highest BCUT2D eigenvalue weighted by Crippen LogP contribution is 2.59. The summed E-state index contributed by atoms with van der Waals surface area (Å²) in [6.45, 7) is 7.25. The van der Waals surface area contributed by atoms with Crippen molar-refractivity contribution in [3.8, 4) is 0 Å². The molecule has 114 valence electrons. The van der Waals surface area contributed by atoms with E-state index >= 15 is 0 Å². The Kier molecular flexibility index (Phi) is 3.98. The minimum absolute atomic E-state index is 0.238. The molecule has 0 heterocycles. The molecular weight excluding hydrogens is 272 g/mol. The molecule has 0 N–H and O–H groups in total. The second-order valence-corrected chi connectivity index (χ2v) is 8.25. The molecular formula is C20H28S. The van der Waals surface area contributed by atoms with E-state index in [1.165, 1.54) is 32.1 Å². The maximum Gasteiger partial charge on any atom is -0.00307 e. The van der Waals surface area contributed by atoms with Crippen LogP contribution in [0.4, 0.5) is 0 Å². The Morgan fingerprint density at radius 1 is 1.19 bits per heavy atom. The molecule has 2 fully saturated rings. The van der Waals surface area contributed by atoms with Crippen molar-refractivity contribution in [1.82, 2.24) is 0 Å². The van der Waals surface area contributed by atoms with E-state index in [4.69, 9.17) is 12.2 Å². The first kappa shape index (κ1) is 15.2. The third-order valence-corrected chi connectivity index (χ3v) is 6.88.